The van der Waals surface area contributed by atoms with Crippen molar-refractivity contribution in [2.45, 2.75) is 63.1 Å². The normalized spacial score (nSPS) is 22.4. The van der Waals surface area contributed by atoms with E-state index in [1.807, 2.05) is 6.92 Å². The maximum absolute atomic E-state index is 13.0. The molecule has 9 heteroatoms. The summed E-state index contributed by atoms with van der Waals surface area (Å²) in [5.74, 6) is -0.777. The molecule has 0 aromatic heterocycles. The molecule has 2 N–H and O–H groups in total. The Kier molecular flexibility index (Phi) is 6.23. The van der Waals surface area contributed by atoms with Crippen molar-refractivity contribution in [3.8, 4) is 0 Å². The molecule has 0 spiro atoms. The Balaban J connectivity index is 0.00000261. The molecular weight excluding hydrogens is 390 g/mol. The number of likely N-dealkylation sites (tertiary alicyclic amines) is 1. The van der Waals surface area contributed by atoms with E-state index in [1.165, 1.54) is 18.2 Å². The van der Waals surface area contributed by atoms with E-state index >= 15 is 0 Å². The molecule has 2 aliphatic heterocycles. The summed E-state index contributed by atoms with van der Waals surface area (Å²) in [4.78, 5) is 27.1. The van der Waals surface area contributed by atoms with Crippen molar-refractivity contribution in [1.29, 1.82) is 0 Å². The van der Waals surface area contributed by atoms with Crippen molar-refractivity contribution in [3.63, 3.8) is 0 Å². The van der Waals surface area contributed by atoms with Crippen molar-refractivity contribution in [2.24, 2.45) is 5.73 Å². The number of fused-ring (bicyclic) bond motifs is 1. The maximum atomic E-state index is 13.0. The highest BCUT2D eigenvalue weighted by Crippen LogP contribution is 2.33. The lowest BCUT2D eigenvalue weighted by Crippen LogP contribution is -2.51. The summed E-state index contributed by atoms with van der Waals surface area (Å²) in [6, 6.07) is 3.61. The van der Waals surface area contributed by atoms with Gasteiger partial charge in [0.1, 0.15) is 4.90 Å². The largest absolute Gasteiger partial charge is 0.334 e. The van der Waals surface area contributed by atoms with E-state index in [-0.39, 0.29) is 46.4 Å². The van der Waals surface area contributed by atoms with Gasteiger partial charge < -0.3 is 10.6 Å². The fraction of sp³-hybridized carbons (Fsp3) is 0.556. The van der Waals surface area contributed by atoms with Crippen LogP contribution in [0.4, 0.5) is 0 Å². The van der Waals surface area contributed by atoms with Gasteiger partial charge >= 0.3 is 0 Å². The smallest absolute Gasteiger partial charge is 0.269 e. The number of halogens is 1. The molecule has 0 aliphatic carbocycles. The second-order valence-corrected chi connectivity index (χ2v) is 9.11. The first-order chi connectivity index (χ1) is 12.2. The zero-order chi connectivity index (χ0) is 19.2. The maximum Gasteiger partial charge on any atom is 0.269 e. The van der Waals surface area contributed by atoms with Crippen molar-refractivity contribution in [1.82, 2.24) is 9.21 Å². The Morgan fingerprint density at radius 1 is 1.22 bits per heavy atom. The molecule has 2 heterocycles. The summed E-state index contributed by atoms with van der Waals surface area (Å²) in [6.07, 6.45) is 2.76. The number of benzene rings is 1. The third-order valence-corrected chi connectivity index (χ3v) is 7.08. The lowest BCUT2D eigenvalue weighted by Gasteiger charge is -2.38. The van der Waals surface area contributed by atoms with Crippen LogP contribution >= 0.6 is 12.4 Å². The third-order valence-electron chi connectivity index (χ3n) is 5.08. The van der Waals surface area contributed by atoms with Crippen LogP contribution in [0.1, 0.15) is 60.7 Å². The quantitative estimate of drug-likeness (QED) is 0.813. The highest BCUT2D eigenvalue weighted by Gasteiger charge is 2.43. The van der Waals surface area contributed by atoms with E-state index in [2.05, 4.69) is 0 Å². The van der Waals surface area contributed by atoms with Crippen molar-refractivity contribution >= 4 is 34.2 Å². The lowest BCUT2D eigenvalue weighted by molar-refractivity contribution is 0.0583. The molecule has 1 aromatic carbocycles. The topological polar surface area (TPSA) is 101 Å². The highest BCUT2D eigenvalue weighted by molar-refractivity contribution is 7.90. The van der Waals surface area contributed by atoms with Crippen LogP contribution in [0.5, 0.6) is 0 Å². The number of piperidine rings is 1. The highest BCUT2D eigenvalue weighted by atomic mass is 35.5. The van der Waals surface area contributed by atoms with Gasteiger partial charge in [0.05, 0.1) is 5.56 Å². The number of hydrogen-bond donors (Lipinski definition) is 1. The number of carbonyl (C=O) groups is 2. The number of rotatable bonds is 3. The van der Waals surface area contributed by atoms with Gasteiger partial charge in [0.15, 0.2) is 0 Å². The van der Waals surface area contributed by atoms with Crippen LogP contribution in [-0.2, 0) is 10.0 Å². The van der Waals surface area contributed by atoms with Gasteiger partial charge in [0, 0.05) is 30.2 Å². The first-order valence-corrected chi connectivity index (χ1v) is 10.4. The molecule has 2 aliphatic rings. The van der Waals surface area contributed by atoms with Gasteiger partial charge in [-0.2, -0.15) is 0 Å². The molecule has 7 nitrogen and oxygen atoms in total. The molecule has 0 bridgehead atoms. The molecule has 0 saturated carbocycles. The number of nitrogens with two attached hydrogens (primary N) is 1. The molecule has 0 radical (unpaired) electrons. The van der Waals surface area contributed by atoms with E-state index in [9.17, 15) is 18.0 Å². The minimum atomic E-state index is -3.92. The van der Waals surface area contributed by atoms with Gasteiger partial charge in [-0.25, -0.2) is 12.7 Å². The Labute approximate surface area is 166 Å². The Bertz CT molecular complexity index is 854. The monoisotopic (exact) mass is 415 g/mol. The molecule has 3 rings (SSSR count). The van der Waals surface area contributed by atoms with Gasteiger partial charge in [0.2, 0.25) is 0 Å². The zero-order valence-corrected chi connectivity index (χ0v) is 17.3. The van der Waals surface area contributed by atoms with Crippen LogP contribution in [0.15, 0.2) is 23.1 Å². The average Bonchev–Trinajstić information content (AvgIpc) is 2.79. The summed E-state index contributed by atoms with van der Waals surface area (Å²) in [7, 11) is -3.92. The predicted octanol–water partition coefficient (Wildman–Crippen LogP) is 2.00. The van der Waals surface area contributed by atoms with Crippen molar-refractivity contribution < 1.29 is 18.0 Å². The van der Waals surface area contributed by atoms with E-state index in [0.29, 0.717) is 6.54 Å². The molecule has 1 fully saturated rings. The van der Waals surface area contributed by atoms with Crippen LogP contribution in [0, 0.1) is 0 Å². The van der Waals surface area contributed by atoms with E-state index in [4.69, 9.17) is 5.73 Å². The van der Waals surface area contributed by atoms with Gasteiger partial charge in [-0.05, 0) is 58.2 Å². The number of nitrogens with zero attached hydrogens (tertiary/aromatic N) is 2. The van der Waals surface area contributed by atoms with Crippen LogP contribution in [0.3, 0.4) is 0 Å². The fourth-order valence-electron chi connectivity index (χ4n) is 3.81. The number of hydrogen-bond acceptors (Lipinski definition) is 5. The van der Waals surface area contributed by atoms with E-state index < -0.39 is 22.0 Å². The Hall–Kier alpha value is -1.64. The standard InChI is InChI=1S/C18H25N3O4S.ClH/c1-11(2)21-18(23)14-8-7-13(10-16(14)26(21,24)25)17(22)20-9-5-4-6-15(20)12(3)19;/h7-8,10-12,15H,4-6,9,19H2,1-3H3;1H. The van der Waals surface area contributed by atoms with Gasteiger partial charge in [-0.3, -0.25) is 9.59 Å². The SMILES string of the molecule is CC(N)C1CCCCN1C(=O)c1ccc2c(c1)S(=O)(=O)N(C(C)C)C2=O.Cl. The summed E-state index contributed by atoms with van der Waals surface area (Å²) >= 11 is 0. The molecule has 2 atom stereocenters. The number of amides is 2. The molecule has 150 valence electrons. The fourth-order valence-corrected chi connectivity index (χ4v) is 5.61. The number of carbonyl (C=O) groups excluding carboxylic acids is 2. The Morgan fingerprint density at radius 2 is 1.89 bits per heavy atom. The minimum absolute atomic E-state index is 0. The summed E-state index contributed by atoms with van der Waals surface area (Å²) in [5, 5.41) is 0. The van der Waals surface area contributed by atoms with Crippen LogP contribution in [0.25, 0.3) is 0 Å². The third kappa shape index (κ3) is 3.58. The molecular formula is C18H26ClN3O4S. The summed E-state index contributed by atoms with van der Waals surface area (Å²) in [6.45, 7) is 5.78. The molecule has 2 unspecified atom stereocenters. The first kappa shape index (κ1) is 21.7. The van der Waals surface area contributed by atoms with E-state index in [0.717, 1.165) is 23.6 Å². The predicted molar refractivity (Wildman–Crippen MR) is 105 cm³/mol. The molecule has 27 heavy (non-hydrogen) atoms. The van der Waals surface area contributed by atoms with Crippen molar-refractivity contribution in [3.05, 3.63) is 29.3 Å². The van der Waals surface area contributed by atoms with Crippen molar-refractivity contribution in [2.75, 3.05) is 6.54 Å². The minimum Gasteiger partial charge on any atom is -0.334 e. The van der Waals surface area contributed by atoms with Crippen LogP contribution in [0.2, 0.25) is 0 Å². The summed E-state index contributed by atoms with van der Waals surface area (Å²) < 4.78 is 26.3. The van der Waals surface area contributed by atoms with Crippen LogP contribution in [-0.4, -0.2) is 54.1 Å². The second kappa shape index (κ2) is 7.77. The van der Waals surface area contributed by atoms with Crippen LogP contribution < -0.4 is 5.73 Å². The van der Waals surface area contributed by atoms with E-state index in [1.54, 1.807) is 18.7 Å². The first-order valence-electron chi connectivity index (χ1n) is 8.95. The lowest BCUT2D eigenvalue weighted by atomic mass is 9.96. The summed E-state index contributed by atoms with van der Waals surface area (Å²) in [5.41, 5.74) is 6.43. The van der Waals surface area contributed by atoms with Gasteiger partial charge in [-0.1, -0.05) is 0 Å². The average molecular weight is 416 g/mol. The molecule has 1 saturated heterocycles. The van der Waals surface area contributed by atoms with Gasteiger partial charge in [0.25, 0.3) is 21.8 Å². The zero-order valence-electron chi connectivity index (χ0n) is 15.7. The van der Waals surface area contributed by atoms with Gasteiger partial charge in [-0.15, -0.1) is 12.4 Å². The molecule has 1 aromatic rings. The number of sulfonamides is 1. The Morgan fingerprint density at radius 3 is 2.48 bits per heavy atom. The second-order valence-electron chi connectivity index (χ2n) is 7.33. The molecule has 2 amide bonds.